The molecule has 0 aromatic heterocycles. The Kier molecular flexibility index (Phi) is 6.02. The second-order valence-electron chi connectivity index (χ2n) is 6.10. The number of nitrogens with one attached hydrogen (secondary N) is 2. The number of aryl methyl sites for hydroxylation is 1. The number of rotatable bonds is 5. The molecule has 4 N–H and O–H groups in total. The van der Waals surface area contributed by atoms with Gasteiger partial charge in [-0.05, 0) is 51.5 Å². The molecule has 0 radical (unpaired) electrons. The summed E-state index contributed by atoms with van der Waals surface area (Å²) < 4.78 is 1.01. The first kappa shape index (κ1) is 17.0. The van der Waals surface area contributed by atoms with Crippen molar-refractivity contribution in [3.8, 4) is 0 Å². The van der Waals surface area contributed by atoms with Crippen LogP contribution in [0.4, 0.5) is 5.69 Å². The molecule has 1 amide bonds. The van der Waals surface area contributed by atoms with Crippen molar-refractivity contribution in [2.24, 2.45) is 5.73 Å². The third-order valence-corrected chi connectivity index (χ3v) is 3.10. The van der Waals surface area contributed by atoms with E-state index in [4.69, 9.17) is 5.73 Å². The van der Waals surface area contributed by atoms with Crippen molar-refractivity contribution in [1.82, 2.24) is 5.32 Å². The zero-order valence-corrected chi connectivity index (χ0v) is 14.2. The SMILES string of the molecule is Cc1cc(Br)cc(NC(CN)CC(=O)NC(C)(C)C)c1. The Labute approximate surface area is 129 Å². The molecule has 0 spiro atoms. The molecule has 0 bridgehead atoms. The van der Waals surface area contributed by atoms with Crippen LogP contribution in [-0.4, -0.2) is 24.0 Å². The fraction of sp³-hybridized carbons (Fsp3) is 0.533. The standard InChI is InChI=1S/C15H24BrN3O/c1-10-5-11(16)7-12(6-10)18-13(9-17)8-14(20)19-15(2,3)4/h5-7,13,18H,8-9,17H2,1-4H3,(H,19,20). The maximum Gasteiger partial charge on any atom is 0.222 e. The molecule has 0 saturated heterocycles. The molecule has 0 aliphatic heterocycles. The topological polar surface area (TPSA) is 67.1 Å². The van der Waals surface area contributed by atoms with Gasteiger partial charge in [-0.1, -0.05) is 15.9 Å². The number of hydrogen-bond acceptors (Lipinski definition) is 3. The minimum atomic E-state index is -0.220. The molecule has 1 aromatic rings. The number of nitrogens with two attached hydrogens (primary N) is 1. The van der Waals surface area contributed by atoms with Crippen LogP contribution in [0.5, 0.6) is 0 Å². The van der Waals surface area contributed by atoms with Crippen LogP contribution in [0, 0.1) is 6.92 Å². The summed E-state index contributed by atoms with van der Waals surface area (Å²) in [6.45, 7) is 8.33. The molecule has 0 aliphatic carbocycles. The van der Waals surface area contributed by atoms with Gasteiger partial charge in [0.2, 0.25) is 5.91 Å². The molecular weight excluding hydrogens is 318 g/mol. The van der Waals surface area contributed by atoms with E-state index in [0.29, 0.717) is 13.0 Å². The van der Waals surface area contributed by atoms with Crippen molar-refractivity contribution in [1.29, 1.82) is 0 Å². The van der Waals surface area contributed by atoms with Gasteiger partial charge in [0.15, 0.2) is 0 Å². The number of carbonyl (C=O) groups excluding carboxylic acids is 1. The predicted octanol–water partition coefficient (Wildman–Crippen LogP) is 2.80. The third-order valence-electron chi connectivity index (χ3n) is 2.64. The first-order valence-corrected chi connectivity index (χ1v) is 7.54. The summed E-state index contributed by atoms with van der Waals surface area (Å²) in [6.07, 6.45) is 0.360. The second kappa shape index (κ2) is 7.09. The molecule has 112 valence electrons. The third kappa shape index (κ3) is 6.39. The number of amides is 1. The molecule has 0 saturated carbocycles. The number of halogens is 1. The molecule has 5 heteroatoms. The molecule has 1 aromatic carbocycles. The summed E-state index contributed by atoms with van der Waals surface area (Å²) in [7, 11) is 0. The first-order chi connectivity index (χ1) is 9.19. The van der Waals surface area contributed by atoms with E-state index in [0.717, 1.165) is 15.7 Å². The Morgan fingerprint density at radius 3 is 2.50 bits per heavy atom. The van der Waals surface area contributed by atoms with E-state index in [-0.39, 0.29) is 17.5 Å². The molecule has 0 fully saturated rings. The zero-order valence-electron chi connectivity index (χ0n) is 12.6. The van der Waals surface area contributed by atoms with Gasteiger partial charge in [0, 0.05) is 34.7 Å². The summed E-state index contributed by atoms with van der Waals surface area (Å²) in [4.78, 5) is 11.9. The summed E-state index contributed by atoms with van der Waals surface area (Å²) >= 11 is 3.46. The maximum absolute atomic E-state index is 11.9. The fourth-order valence-corrected chi connectivity index (χ4v) is 2.55. The lowest BCUT2D eigenvalue weighted by atomic mass is 10.1. The van der Waals surface area contributed by atoms with Gasteiger partial charge < -0.3 is 16.4 Å². The highest BCUT2D eigenvalue weighted by atomic mass is 79.9. The van der Waals surface area contributed by atoms with E-state index < -0.39 is 0 Å². The normalized spacial score (nSPS) is 12.9. The highest BCUT2D eigenvalue weighted by Gasteiger charge is 2.17. The minimum absolute atomic E-state index is 0.00664. The first-order valence-electron chi connectivity index (χ1n) is 6.74. The van der Waals surface area contributed by atoms with Crippen LogP contribution < -0.4 is 16.4 Å². The average Bonchev–Trinajstić information content (AvgIpc) is 2.23. The molecule has 0 aliphatic rings. The summed E-state index contributed by atoms with van der Waals surface area (Å²) in [5, 5.41) is 6.26. The van der Waals surface area contributed by atoms with Gasteiger partial charge in [0.25, 0.3) is 0 Å². The average molecular weight is 342 g/mol. The Hall–Kier alpha value is -1.07. The highest BCUT2D eigenvalue weighted by molar-refractivity contribution is 9.10. The van der Waals surface area contributed by atoms with Crippen molar-refractivity contribution in [3.05, 3.63) is 28.2 Å². The lowest BCUT2D eigenvalue weighted by molar-refractivity contribution is -0.122. The molecular formula is C15H24BrN3O. The molecule has 1 rings (SSSR count). The van der Waals surface area contributed by atoms with Crippen molar-refractivity contribution in [3.63, 3.8) is 0 Å². The van der Waals surface area contributed by atoms with E-state index in [9.17, 15) is 4.79 Å². The van der Waals surface area contributed by atoms with E-state index in [1.54, 1.807) is 0 Å². The summed E-state index contributed by atoms with van der Waals surface area (Å²) in [6, 6.07) is 5.98. The van der Waals surface area contributed by atoms with Gasteiger partial charge in [0.05, 0.1) is 0 Å². The Balaban J connectivity index is 2.65. The van der Waals surface area contributed by atoms with Crippen LogP contribution in [0.1, 0.15) is 32.8 Å². The molecule has 0 heterocycles. The number of benzene rings is 1. The van der Waals surface area contributed by atoms with Crippen LogP contribution in [0.25, 0.3) is 0 Å². The fourth-order valence-electron chi connectivity index (χ4n) is 1.94. The van der Waals surface area contributed by atoms with Crippen molar-refractivity contribution in [2.75, 3.05) is 11.9 Å². The van der Waals surface area contributed by atoms with E-state index in [2.05, 4.69) is 26.6 Å². The van der Waals surface area contributed by atoms with Gasteiger partial charge >= 0.3 is 0 Å². The van der Waals surface area contributed by atoms with Gasteiger partial charge in [-0.2, -0.15) is 0 Å². The van der Waals surface area contributed by atoms with Crippen LogP contribution >= 0.6 is 15.9 Å². The second-order valence-corrected chi connectivity index (χ2v) is 7.01. The van der Waals surface area contributed by atoms with Crippen LogP contribution in [-0.2, 0) is 4.79 Å². The predicted molar refractivity (Wildman–Crippen MR) is 87.9 cm³/mol. The van der Waals surface area contributed by atoms with Crippen molar-refractivity contribution < 1.29 is 4.79 Å². The Morgan fingerprint density at radius 2 is 2.00 bits per heavy atom. The molecule has 4 nitrogen and oxygen atoms in total. The van der Waals surface area contributed by atoms with Crippen LogP contribution in [0.3, 0.4) is 0 Å². The number of anilines is 1. The smallest absolute Gasteiger partial charge is 0.222 e. The number of hydrogen-bond donors (Lipinski definition) is 3. The van der Waals surface area contributed by atoms with Gasteiger partial charge in [-0.3, -0.25) is 4.79 Å². The van der Waals surface area contributed by atoms with Gasteiger partial charge in [0.1, 0.15) is 0 Å². The molecule has 1 unspecified atom stereocenters. The van der Waals surface area contributed by atoms with Gasteiger partial charge in [-0.15, -0.1) is 0 Å². The molecule has 1 atom stereocenters. The van der Waals surface area contributed by atoms with E-state index in [1.807, 2.05) is 45.9 Å². The summed E-state index contributed by atoms with van der Waals surface area (Å²) in [5.74, 6) is 0.00664. The van der Waals surface area contributed by atoms with E-state index in [1.165, 1.54) is 0 Å². The van der Waals surface area contributed by atoms with Crippen molar-refractivity contribution >= 4 is 27.5 Å². The monoisotopic (exact) mass is 341 g/mol. The summed E-state index contributed by atoms with van der Waals surface area (Å²) in [5.41, 5.74) is 7.65. The lowest BCUT2D eigenvalue weighted by Crippen LogP contribution is -2.44. The van der Waals surface area contributed by atoms with E-state index >= 15 is 0 Å². The Morgan fingerprint density at radius 1 is 1.35 bits per heavy atom. The van der Waals surface area contributed by atoms with Crippen LogP contribution in [0.2, 0.25) is 0 Å². The van der Waals surface area contributed by atoms with Crippen molar-refractivity contribution in [2.45, 2.75) is 45.7 Å². The Bertz CT molecular complexity index is 448. The quantitative estimate of drug-likeness (QED) is 0.771. The molecule has 20 heavy (non-hydrogen) atoms. The highest BCUT2D eigenvalue weighted by Crippen LogP contribution is 2.20. The maximum atomic E-state index is 11.9. The zero-order chi connectivity index (χ0) is 15.3. The minimum Gasteiger partial charge on any atom is -0.380 e. The van der Waals surface area contributed by atoms with Crippen LogP contribution in [0.15, 0.2) is 22.7 Å². The van der Waals surface area contributed by atoms with Gasteiger partial charge in [-0.25, -0.2) is 0 Å². The lowest BCUT2D eigenvalue weighted by Gasteiger charge is -2.23. The largest absolute Gasteiger partial charge is 0.380 e. The number of carbonyl (C=O) groups is 1.